The molecule has 0 saturated carbocycles. The molecule has 14 heteroatoms. The van der Waals surface area contributed by atoms with E-state index in [0.717, 1.165) is 83.5 Å². The molecule has 1 amide bonds. The van der Waals surface area contributed by atoms with E-state index in [1.165, 1.54) is 263 Å². The molecule has 14 nitrogen and oxygen atoms in total. The van der Waals surface area contributed by atoms with E-state index in [1.54, 1.807) is 6.08 Å². The topological polar surface area (TPSA) is 228 Å². The molecule has 104 heavy (non-hydrogen) atoms. The zero-order valence-electron chi connectivity index (χ0n) is 66.5. The van der Waals surface area contributed by atoms with Crippen molar-refractivity contribution in [3.63, 3.8) is 0 Å². The van der Waals surface area contributed by atoms with Crippen molar-refractivity contribution in [2.24, 2.45) is 0 Å². The summed E-state index contributed by atoms with van der Waals surface area (Å²) >= 11 is 0. The fourth-order valence-electron chi connectivity index (χ4n) is 14.0. The number of rotatable bonds is 73. The average molecular weight is 1470 g/mol. The zero-order chi connectivity index (χ0) is 75.1. The first-order valence-corrected chi connectivity index (χ1v) is 43.5. The molecule has 0 aliphatic carbocycles. The van der Waals surface area contributed by atoms with E-state index in [1.807, 2.05) is 6.08 Å². The molecule has 2 heterocycles. The molecular weight excluding hydrogens is 1300 g/mol. The van der Waals surface area contributed by atoms with Gasteiger partial charge in [0.15, 0.2) is 12.6 Å². The van der Waals surface area contributed by atoms with Crippen molar-refractivity contribution in [1.82, 2.24) is 5.32 Å². The van der Waals surface area contributed by atoms with Crippen LogP contribution in [0.15, 0.2) is 97.2 Å². The number of carbonyl (C=O) groups is 1. The van der Waals surface area contributed by atoms with Gasteiger partial charge in [0.25, 0.3) is 0 Å². The number of aliphatic hydroxyl groups is 8. The summed E-state index contributed by atoms with van der Waals surface area (Å²) in [5, 5.41) is 87.8. The van der Waals surface area contributed by atoms with Crippen molar-refractivity contribution in [1.29, 1.82) is 0 Å². The van der Waals surface area contributed by atoms with Crippen LogP contribution in [0, 0.1) is 0 Å². The van der Waals surface area contributed by atoms with Crippen LogP contribution in [0.3, 0.4) is 0 Å². The minimum absolute atomic E-state index is 0.235. The molecule has 12 atom stereocenters. The van der Waals surface area contributed by atoms with Crippen molar-refractivity contribution in [3.05, 3.63) is 97.2 Å². The standard InChI is InChI=1S/C90H161NO13/c1-3-5-7-9-11-13-15-17-19-21-23-25-27-29-31-33-35-36-37-38-39-40-41-42-44-46-48-50-52-54-56-58-60-62-64-66-68-70-72-74-82(95)91-78(77-101-89-87(100)85(98)88(81(76-93)103-89)104-90-86(99)84(97)83(96)80(75-92)102-90)79(94)73-71-69-67-65-63-61-59-57-55-53-51-49-47-45-43-34-32-30-28-26-24-22-20-18-16-14-12-10-8-6-4-2/h5,7,11,13,17,19,23,25,29,31,35-36,38-39,71,73,78-81,83-90,92-94,96-100H,3-4,6,8-10,12,14-16,18,20-22,24,26-28,30,32-34,37,40-70,72,74-77H2,1-2H3,(H,91,95)/b7-5-,13-11-,19-17-,25-23-,31-29-,36-35-,39-38-,73-71+. The molecule has 0 radical (unpaired) electrons. The van der Waals surface area contributed by atoms with Gasteiger partial charge in [-0.3, -0.25) is 4.79 Å². The Hall–Kier alpha value is -3.09. The summed E-state index contributed by atoms with van der Waals surface area (Å²) < 4.78 is 23.0. The Labute approximate surface area is 636 Å². The Morgan fingerprint density at radius 2 is 0.663 bits per heavy atom. The number of nitrogens with one attached hydrogen (secondary N) is 1. The summed E-state index contributed by atoms with van der Waals surface area (Å²) in [7, 11) is 0. The number of hydrogen-bond donors (Lipinski definition) is 9. The number of unbranched alkanes of at least 4 members (excludes halogenated alkanes) is 46. The fourth-order valence-corrected chi connectivity index (χ4v) is 14.0. The lowest BCUT2D eigenvalue weighted by Gasteiger charge is -2.46. The van der Waals surface area contributed by atoms with Gasteiger partial charge in [0.1, 0.15) is 48.8 Å². The highest BCUT2D eigenvalue weighted by Crippen LogP contribution is 2.30. The summed E-state index contributed by atoms with van der Waals surface area (Å²) in [5.41, 5.74) is 0. The molecule has 12 unspecified atom stereocenters. The molecule has 0 aromatic rings. The smallest absolute Gasteiger partial charge is 0.220 e. The monoisotopic (exact) mass is 1460 g/mol. The lowest BCUT2D eigenvalue weighted by Crippen LogP contribution is -2.65. The molecular formula is C90H161NO13. The number of aliphatic hydroxyl groups excluding tert-OH is 8. The molecule has 604 valence electrons. The van der Waals surface area contributed by atoms with E-state index in [9.17, 15) is 45.6 Å². The Bertz CT molecular complexity index is 2120. The van der Waals surface area contributed by atoms with Crippen LogP contribution < -0.4 is 5.32 Å². The normalized spacial score (nSPS) is 21.9. The first-order valence-electron chi connectivity index (χ1n) is 43.5. The van der Waals surface area contributed by atoms with Gasteiger partial charge in [0, 0.05) is 6.42 Å². The van der Waals surface area contributed by atoms with Crippen LogP contribution in [0.1, 0.15) is 373 Å². The predicted octanol–water partition coefficient (Wildman–Crippen LogP) is 20.8. The Kier molecular flexibility index (Phi) is 67.8. The van der Waals surface area contributed by atoms with Gasteiger partial charge in [0.2, 0.25) is 5.91 Å². The largest absolute Gasteiger partial charge is 0.394 e. The maximum Gasteiger partial charge on any atom is 0.220 e. The molecule has 2 rings (SSSR count). The number of allylic oxidation sites excluding steroid dienone is 15. The molecule has 2 saturated heterocycles. The first kappa shape index (κ1) is 97.0. The SMILES string of the molecule is CC/C=C\C/C=C\C/C=C\C/C=C\C/C=C\C/C=C\C/C=C\CCCCCCCCCCCCCCCCCCCC(=O)NC(COC1OC(CO)C(OC2OC(CO)C(O)C(O)C2O)C(O)C1O)C(O)/C=C/CCCCCCCCCCCCCCCCCCCCCCCCCCCCCCC. The highest BCUT2D eigenvalue weighted by Gasteiger charge is 2.51. The van der Waals surface area contributed by atoms with Gasteiger partial charge < -0.3 is 65.1 Å². The van der Waals surface area contributed by atoms with E-state index < -0.39 is 86.8 Å². The third kappa shape index (κ3) is 54.5. The van der Waals surface area contributed by atoms with Crippen molar-refractivity contribution in [3.8, 4) is 0 Å². The summed E-state index contributed by atoms with van der Waals surface area (Å²) in [6.45, 7) is 2.74. The predicted molar refractivity (Wildman–Crippen MR) is 433 cm³/mol. The van der Waals surface area contributed by atoms with Crippen LogP contribution in [0.5, 0.6) is 0 Å². The minimum Gasteiger partial charge on any atom is -0.394 e. The average Bonchev–Trinajstić information content (AvgIpc) is 0.791. The summed E-state index contributed by atoms with van der Waals surface area (Å²) in [6, 6.07) is -0.921. The summed E-state index contributed by atoms with van der Waals surface area (Å²) in [5.74, 6) is -0.235. The summed E-state index contributed by atoms with van der Waals surface area (Å²) in [4.78, 5) is 13.4. The minimum atomic E-state index is -1.79. The third-order valence-corrected chi connectivity index (χ3v) is 20.8. The number of hydrogen-bond acceptors (Lipinski definition) is 13. The number of carbonyl (C=O) groups excluding carboxylic acids is 1. The van der Waals surface area contributed by atoms with Crippen LogP contribution in [-0.4, -0.2) is 140 Å². The lowest BCUT2D eigenvalue weighted by atomic mass is 9.97. The first-order chi connectivity index (χ1) is 51.1. The van der Waals surface area contributed by atoms with Crippen LogP contribution in [0.25, 0.3) is 0 Å². The van der Waals surface area contributed by atoms with Crippen molar-refractivity contribution < 1.29 is 64.6 Å². The van der Waals surface area contributed by atoms with Gasteiger partial charge in [-0.2, -0.15) is 0 Å². The van der Waals surface area contributed by atoms with Gasteiger partial charge in [-0.15, -0.1) is 0 Å². The molecule has 9 N–H and O–H groups in total. The number of amides is 1. The second kappa shape index (κ2) is 72.8. The van der Waals surface area contributed by atoms with Gasteiger partial charge in [-0.05, 0) is 77.0 Å². The fraction of sp³-hybridized carbons (Fsp3) is 0.811. The Morgan fingerprint density at radius 1 is 0.356 bits per heavy atom. The summed E-state index contributed by atoms with van der Waals surface area (Å²) in [6.07, 6.45) is 87.9. The van der Waals surface area contributed by atoms with Crippen molar-refractivity contribution >= 4 is 5.91 Å². The van der Waals surface area contributed by atoms with E-state index in [4.69, 9.17) is 18.9 Å². The van der Waals surface area contributed by atoms with Gasteiger partial charge in [-0.25, -0.2) is 0 Å². The van der Waals surface area contributed by atoms with Crippen LogP contribution in [-0.2, 0) is 23.7 Å². The van der Waals surface area contributed by atoms with E-state index in [2.05, 4.69) is 104 Å². The van der Waals surface area contributed by atoms with E-state index in [0.29, 0.717) is 6.42 Å². The molecule has 2 fully saturated rings. The molecule has 0 spiro atoms. The zero-order valence-corrected chi connectivity index (χ0v) is 66.5. The van der Waals surface area contributed by atoms with Gasteiger partial charge in [0.05, 0.1) is 32.0 Å². The third-order valence-electron chi connectivity index (χ3n) is 20.8. The Balaban J connectivity index is 1.58. The van der Waals surface area contributed by atoms with E-state index >= 15 is 0 Å². The quantitative estimate of drug-likeness (QED) is 0.0204. The molecule has 2 aliphatic rings. The maximum atomic E-state index is 13.4. The van der Waals surface area contributed by atoms with Crippen LogP contribution in [0.2, 0.25) is 0 Å². The lowest BCUT2D eigenvalue weighted by molar-refractivity contribution is -0.359. The van der Waals surface area contributed by atoms with Gasteiger partial charge >= 0.3 is 0 Å². The Morgan fingerprint density at radius 3 is 1.02 bits per heavy atom. The second-order valence-corrected chi connectivity index (χ2v) is 30.3. The van der Waals surface area contributed by atoms with Crippen molar-refractivity contribution in [2.45, 2.75) is 447 Å². The molecule has 0 bridgehead atoms. The highest BCUT2D eigenvalue weighted by molar-refractivity contribution is 5.76. The van der Waals surface area contributed by atoms with Crippen molar-refractivity contribution in [2.75, 3.05) is 19.8 Å². The number of ether oxygens (including phenoxy) is 4. The molecule has 0 aromatic carbocycles. The molecule has 2 aliphatic heterocycles. The second-order valence-electron chi connectivity index (χ2n) is 30.3. The van der Waals surface area contributed by atoms with E-state index in [-0.39, 0.29) is 18.9 Å². The highest BCUT2D eigenvalue weighted by atomic mass is 16.7. The molecule has 0 aromatic heterocycles. The van der Waals surface area contributed by atoms with Crippen LogP contribution in [0.4, 0.5) is 0 Å². The van der Waals surface area contributed by atoms with Gasteiger partial charge in [-0.1, -0.05) is 387 Å². The maximum absolute atomic E-state index is 13.4. The van der Waals surface area contributed by atoms with Crippen LogP contribution >= 0.6 is 0 Å².